The van der Waals surface area contributed by atoms with Crippen molar-refractivity contribution in [3.63, 3.8) is 0 Å². The molecule has 0 bridgehead atoms. The van der Waals surface area contributed by atoms with Gasteiger partial charge in [0.2, 0.25) is 0 Å². The van der Waals surface area contributed by atoms with E-state index in [1.54, 1.807) is 13.8 Å². The first kappa shape index (κ1) is 27.0. The molecule has 0 N–H and O–H groups in total. The Kier molecular flexibility index (Phi) is 24.7. The Labute approximate surface area is 149 Å². The number of rotatable bonds is 10. The van der Waals surface area contributed by atoms with Crippen molar-refractivity contribution in [2.75, 3.05) is 13.2 Å². The molecule has 0 amide bonds. The number of carboxylic acid groups (broad SMARTS) is 2. The molecule has 132 valence electrons. The van der Waals surface area contributed by atoms with Gasteiger partial charge in [-0.3, -0.25) is 9.59 Å². The van der Waals surface area contributed by atoms with Crippen molar-refractivity contribution >= 4 is 23.5 Å². The molecule has 0 spiro atoms. The summed E-state index contributed by atoms with van der Waals surface area (Å²) in [4.78, 5) is 39.7. The van der Waals surface area contributed by atoms with Crippen molar-refractivity contribution in [2.24, 2.45) is 0 Å². The fourth-order valence-corrected chi connectivity index (χ4v) is 1.52. The number of Topliss-reactive ketones (excluding diaryl/α,β-unsaturated/α-hetero) is 2. The molecule has 0 aliphatic heterocycles. The van der Waals surface area contributed by atoms with Gasteiger partial charge >= 0.3 is 56.8 Å². The first-order valence-corrected chi connectivity index (χ1v) is 9.17. The maximum atomic E-state index is 10.2. The molecule has 0 rings (SSSR count). The molecule has 0 aromatic heterocycles. The predicted octanol–water partition coefficient (Wildman–Crippen LogP) is -0.817. The number of hydrogen-bond donors (Lipinski definition) is 0. The molecule has 0 atom stereocenters. The summed E-state index contributed by atoms with van der Waals surface area (Å²) < 4.78 is 10.0. The number of carbonyl (C=O) groups is 4. The van der Waals surface area contributed by atoms with Crippen LogP contribution in [0.1, 0.15) is 53.4 Å². The van der Waals surface area contributed by atoms with E-state index in [-0.39, 0.29) is 24.4 Å². The standard InChI is InChI=1S/2C5H8O3.2C2H5O.Zr/c2*1-2-4(6)3-5(7)8;2*1-2-3;/h2*2-3H2,1H3,(H,7,8);2*2H2,1H3;/q;;2*-1;+4/p-2. The zero-order chi connectivity index (χ0) is 18.7. The maximum absolute atomic E-state index is 10.2. The summed E-state index contributed by atoms with van der Waals surface area (Å²) in [6.07, 6.45) is -0.352. The molecule has 0 aliphatic carbocycles. The second-order valence-electron chi connectivity index (χ2n) is 3.83. The van der Waals surface area contributed by atoms with Gasteiger partial charge in [-0.15, -0.1) is 0 Å². The topological polar surface area (TPSA) is 133 Å². The van der Waals surface area contributed by atoms with E-state index in [0.717, 1.165) is 13.2 Å². The zero-order valence-corrected chi connectivity index (χ0v) is 16.5. The summed E-state index contributed by atoms with van der Waals surface area (Å²) in [6.45, 7) is 8.83. The number of carbonyl (C=O) groups excluding carboxylic acids is 4. The van der Waals surface area contributed by atoms with Crippen LogP contribution in [0.2, 0.25) is 0 Å². The van der Waals surface area contributed by atoms with Crippen molar-refractivity contribution in [1.29, 1.82) is 0 Å². The van der Waals surface area contributed by atoms with Crippen molar-refractivity contribution < 1.29 is 59.1 Å². The summed E-state index contributed by atoms with van der Waals surface area (Å²) in [5.74, 6) is -3.16. The second-order valence-corrected chi connectivity index (χ2v) is 5.66. The van der Waals surface area contributed by atoms with Gasteiger partial charge in [-0.05, 0) is 0 Å². The van der Waals surface area contributed by atoms with Gasteiger partial charge in [0.05, 0.1) is 0 Å². The van der Waals surface area contributed by atoms with Crippen LogP contribution in [0.3, 0.4) is 0 Å². The Hall–Kier alpha value is -0.917. The van der Waals surface area contributed by atoms with Crippen LogP contribution in [0, 0.1) is 0 Å². The van der Waals surface area contributed by atoms with Crippen molar-refractivity contribution in [1.82, 2.24) is 0 Å². The molecule has 0 saturated heterocycles. The summed E-state index contributed by atoms with van der Waals surface area (Å²) in [7, 11) is 0. The second kappa shape index (κ2) is 21.1. The molecule has 23 heavy (non-hydrogen) atoms. The Bertz CT molecular complexity index is 312. The van der Waals surface area contributed by atoms with Gasteiger partial charge in [-0.2, -0.15) is 0 Å². The van der Waals surface area contributed by atoms with E-state index in [2.05, 4.69) is 0 Å². The van der Waals surface area contributed by atoms with Gasteiger partial charge in [-0.25, -0.2) is 0 Å². The third kappa shape index (κ3) is 33.7. The molecule has 9 heteroatoms. The minimum absolute atomic E-state index is 0.272. The van der Waals surface area contributed by atoms with Crippen LogP contribution < -0.4 is 10.2 Å². The van der Waals surface area contributed by atoms with Gasteiger partial charge < -0.3 is 19.8 Å². The van der Waals surface area contributed by atoms with E-state index < -0.39 is 48.9 Å². The van der Waals surface area contributed by atoms with E-state index in [1.165, 1.54) is 0 Å². The molecule has 0 aromatic carbocycles. The first-order valence-electron chi connectivity index (χ1n) is 7.16. The fraction of sp³-hybridized carbons (Fsp3) is 0.714. The van der Waals surface area contributed by atoms with Gasteiger partial charge in [0.15, 0.2) is 0 Å². The third-order valence-corrected chi connectivity index (χ3v) is 3.88. The summed E-state index contributed by atoms with van der Waals surface area (Å²) >= 11 is -0.819. The molecule has 0 radical (unpaired) electrons. The van der Waals surface area contributed by atoms with E-state index >= 15 is 0 Å². The summed E-state index contributed by atoms with van der Waals surface area (Å²) in [5, 5.41) is 19.3. The first-order chi connectivity index (χ1) is 10.7. The van der Waals surface area contributed by atoms with Gasteiger partial charge in [-0.1, -0.05) is 13.8 Å². The molecular formula is C14H24O8Zr. The van der Waals surface area contributed by atoms with E-state index in [0.29, 0.717) is 0 Å². The van der Waals surface area contributed by atoms with E-state index in [9.17, 15) is 29.4 Å². The average Bonchev–Trinajstić information content (AvgIpc) is 2.47. The molecule has 8 nitrogen and oxygen atoms in total. The number of ketones is 2. The van der Waals surface area contributed by atoms with Gasteiger partial charge in [0.1, 0.15) is 11.6 Å². The molecule has 0 aliphatic rings. The van der Waals surface area contributed by atoms with Crippen molar-refractivity contribution in [3.05, 3.63) is 0 Å². The molecular weight excluding hydrogens is 387 g/mol. The van der Waals surface area contributed by atoms with E-state index in [1.807, 2.05) is 13.8 Å². The van der Waals surface area contributed by atoms with Crippen LogP contribution in [-0.4, -0.2) is 36.7 Å². The summed E-state index contributed by atoms with van der Waals surface area (Å²) in [6, 6.07) is 0. The third-order valence-electron chi connectivity index (χ3n) is 1.88. The number of hydrogen-bond acceptors (Lipinski definition) is 8. The predicted molar refractivity (Wildman–Crippen MR) is 73.1 cm³/mol. The molecule has 0 heterocycles. The Morgan fingerprint density at radius 1 is 0.739 bits per heavy atom. The zero-order valence-electron chi connectivity index (χ0n) is 14.0. The number of carboxylic acids is 2. The monoisotopic (exact) mass is 410 g/mol. The Morgan fingerprint density at radius 2 is 1.04 bits per heavy atom. The van der Waals surface area contributed by atoms with Crippen LogP contribution in [0.4, 0.5) is 0 Å². The van der Waals surface area contributed by atoms with Crippen LogP contribution in [0.15, 0.2) is 0 Å². The van der Waals surface area contributed by atoms with Gasteiger partial charge in [0, 0.05) is 37.6 Å². The normalized spacial score (nSPS) is 8.52. The fourth-order valence-electron chi connectivity index (χ4n) is 0.731. The van der Waals surface area contributed by atoms with Crippen molar-refractivity contribution in [2.45, 2.75) is 53.4 Å². The van der Waals surface area contributed by atoms with E-state index in [4.69, 9.17) is 5.63 Å². The number of aliphatic carboxylic acids is 2. The molecule has 0 aromatic rings. The quantitative estimate of drug-likeness (QED) is 0.336. The van der Waals surface area contributed by atoms with Crippen molar-refractivity contribution in [3.8, 4) is 0 Å². The molecule has 0 fully saturated rings. The molecule has 0 saturated carbocycles. The SMILES string of the molecule is CCC(=O)CC(=O)[O-].CCC(=O)CC(=O)[O-].CC[O][Zr+2][O]CC. The van der Waals surface area contributed by atoms with Crippen LogP contribution in [-0.2, 0) is 48.9 Å². The summed E-state index contributed by atoms with van der Waals surface area (Å²) in [5.41, 5.74) is 0. The van der Waals surface area contributed by atoms with Crippen LogP contribution >= 0.6 is 0 Å². The van der Waals surface area contributed by atoms with Crippen LogP contribution in [0.25, 0.3) is 0 Å². The van der Waals surface area contributed by atoms with Gasteiger partial charge in [0.25, 0.3) is 0 Å². The average molecular weight is 412 g/mol. The Morgan fingerprint density at radius 3 is 1.17 bits per heavy atom. The molecule has 0 unspecified atom stereocenters. The minimum atomic E-state index is -1.29. The Balaban J connectivity index is -0.000000262. The van der Waals surface area contributed by atoms with Crippen LogP contribution in [0.5, 0.6) is 0 Å².